The molecule has 0 aliphatic heterocycles. The van der Waals surface area contributed by atoms with Crippen molar-refractivity contribution < 1.29 is 9.59 Å². The number of nitrogens with two attached hydrogens (primary N) is 1. The van der Waals surface area contributed by atoms with Crippen LogP contribution in [0.1, 0.15) is 49.9 Å². The van der Waals surface area contributed by atoms with Crippen LogP contribution in [0.2, 0.25) is 0 Å². The number of nitrogens with one attached hydrogen (secondary N) is 2. The van der Waals surface area contributed by atoms with Gasteiger partial charge in [-0.2, -0.15) is 0 Å². The minimum Gasteiger partial charge on any atom is -0.349 e. The molecule has 6 heteroatoms. The van der Waals surface area contributed by atoms with Crippen LogP contribution in [0.5, 0.6) is 0 Å². The Hall–Kier alpha value is -1.59. The molecule has 1 aliphatic carbocycles. The van der Waals surface area contributed by atoms with Crippen LogP contribution >= 0.6 is 12.4 Å². The molecule has 0 spiro atoms. The zero-order valence-electron chi connectivity index (χ0n) is 14.4. The average molecular weight is 354 g/mol. The molecule has 1 aromatic rings. The van der Waals surface area contributed by atoms with Crippen LogP contribution in [-0.2, 0) is 4.79 Å². The number of halogens is 1. The third kappa shape index (κ3) is 5.49. The monoisotopic (exact) mass is 353 g/mol. The molecule has 2 atom stereocenters. The second-order valence-electron chi connectivity index (χ2n) is 6.58. The van der Waals surface area contributed by atoms with Crippen LogP contribution in [-0.4, -0.2) is 24.4 Å². The fourth-order valence-corrected chi connectivity index (χ4v) is 2.92. The molecule has 1 aromatic carbocycles. The number of benzene rings is 1. The molecular weight excluding hydrogens is 326 g/mol. The molecule has 134 valence electrons. The Morgan fingerprint density at radius 1 is 1.17 bits per heavy atom. The van der Waals surface area contributed by atoms with Crippen LogP contribution < -0.4 is 16.4 Å². The minimum atomic E-state index is -0.0721. The zero-order chi connectivity index (χ0) is 16.8. The molecule has 1 saturated carbocycles. The number of amides is 2. The summed E-state index contributed by atoms with van der Waals surface area (Å²) in [7, 11) is 0. The highest BCUT2D eigenvalue weighted by molar-refractivity contribution is 5.96. The molecule has 4 N–H and O–H groups in total. The molecule has 0 radical (unpaired) electrons. The van der Waals surface area contributed by atoms with Crippen molar-refractivity contribution >= 4 is 29.9 Å². The van der Waals surface area contributed by atoms with E-state index in [2.05, 4.69) is 10.6 Å². The number of anilines is 1. The van der Waals surface area contributed by atoms with E-state index < -0.39 is 0 Å². The van der Waals surface area contributed by atoms with Crippen molar-refractivity contribution in [3.63, 3.8) is 0 Å². The average Bonchev–Trinajstić information content (AvgIpc) is 2.55. The summed E-state index contributed by atoms with van der Waals surface area (Å²) >= 11 is 0. The topological polar surface area (TPSA) is 84.2 Å². The van der Waals surface area contributed by atoms with Gasteiger partial charge in [-0.05, 0) is 49.6 Å². The maximum atomic E-state index is 12.4. The van der Waals surface area contributed by atoms with Gasteiger partial charge in [-0.25, -0.2) is 0 Å². The summed E-state index contributed by atoms with van der Waals surface area (Å²) in [4.78, 5) is 24.0. The minimum absolute atomic E-state index is 0. The predicted molar refractivity (Wildman–Crippen MR) is 99.4 cm³/mol. The van der Waals surface area contributed by atoms with E-state index in [1.165, 1.54) is 6.42 Å². The summed E-state index contributed by atoms with van der Waals surface area (Å²) in [6, 6.07) is 7.17. The van der Waals surface area contributed by atoms with Crippen molar-refractivity contribution in [1.29, 1.82) is 0 Å². The highest BCUT2D eigenvalue weighted by atomic mass is 35.5. The molecule has 1 fully saturated rings. The van der Waals surface area contributed by atoms with Crippen LogP contribution in [0.15, 0.2) is 24.3 Å². The molecule has 0 saturated heterocycles. The SMILES string of the molecule is CC(C)C(=O)Nc1ccc(C(=O)NC2CCCCC2CN)cc1.Cl. The second-order valence-corrected chi connectivity index (χ2v) is 6.58. The fraction of sp³-hybridized carbons (Fsp3) is 0.556. The Morgan fingerprint density at radius 3 is 2.38 bits per heavy atom. The van der Waals surface area contributed by atoms with Crippen LogP contribution in [0.25, 0.3) is 0 Å². The largest absolute Gasteiger partial charge is 0.349 e. The summed E-state index contributed by atoms with van der Waals surface area (Å²) in [5, 5.41) is 5.93. The van der Waals surface area contributed by atoms with Crippen molar-refractivity contribution in [2.45, 2.75) is 45.6 Å². The first-order chi connectivity index (χ1) is 11.0. The number of carbonyl (C=O) groups excluding carboxylic acids is 2. The Morgan fingerprint density at radius 2 is 1.79 bits per heavy atom. The van der Waals surface area contributed by atoms with E-state index in [4.69, 9.17) is 5.73 Å². The zero-order valence-corrected chi connectivity index (χ0v) is 15.2. The van der Waals surface area contributed by atoms with Crippen molar-refractivity contribution in [2.24, 2.45) is 17.6 Å². The van der Waals surface area contributed by atoms with Gasteiger partial charge in [0.15, 0.2) is 0 Å². The van der Waals surface area contributed by atoms with E-state index >= 15 is 0 Å². The Kier molecular flexibility index (Phi) is 8.22. The second kappa shape index (κ2) is 9.64. The Balaban J connectivity index is 0.00000288. The molecule has 1 aliphatic rings. The van der Waals surface area contributed by atoms with E-state index in [0.717, 1.165) is 19.3 Å². The molecule has 0 heterocycles. The van der Waals surface area contributed by atoms with Gasteiger partial charge in [0, 0.05) is 23.2 Å². The van der Waals surface area contributed by atoms with Crippen molar-refractivity contribution in [3.05, 3.63) is 29.8 Å². The molecule has 2 amide bonds. The molecule has 2 unspecified atom stereocenters. The van der Waals surface area contributed by atoms with Gasteiger partial charge in [-0.15, -0.1) is 12.4 Å². The number of rotatable bonds is 5. The molecule has 0 bridgehead atoms. The maximum Gasteiger partial charge on any atom is 0.251 e. The van der Waals surface area contributed by atoms with Crippen LogP contribution in [0.3, 0.4) is 0 Å². The van der Waals surface area contributed by atoms with Gasteiger partial charge in [-0.3, -0.25) is 9.59 Å². The summed E-state index contributed by atoms with van der Waals surface area (Å²) < 4.78 is 0. The first-order valence-electron chi connectivity index (χ1n) is 8.43. The smallest absolute Gasteiger partial charge is 0.251 e. The lowest BCUT2D eigenvalue weighted by molar-refractivity contribution is -0.118. The van der Waals surface area contributed by atoms with Gasteiger partial charge >= 0.3 is 0 Å². The Bertz CT molecular complexity index is 546. The van der Waals surface area contributed by atoms with Crippen LogP contribution in [0.4, 0.5) is 5.69 Å². The van der Waals surface area contributed by atoms with Crippen molar-refractivity contribution in [1.82, 2.24) is 5.32 Å². The van der Waals surface area contributed by atoms with Gasteiger partial charge in [0.05, 0.1) is 0 Å². The highest BCUT2D eigenvalue weighted by Crippen LogP contribution is 2.24. The third-order valence-electron chi connectivity index (χ3n) is 4.47. The normalized spacial score (nSPS) is 20.2. The van der Waals surface area contributed by atoms with E-state index in [9.17, 15) is 9.59 Å². The van der Waals surface area contributed by atoms with Gasteiger partial charge < -0.3 is 16.4 Å². The van der Waals surface area contributed by atoms with Gasteiger partial charge in [0.2, 0.25) is 5.91 Å². The number of carbonyl (C=O) groups is 2. The highest BCUT2D eigenvalue weighted by Gasteiger charge is 2.25. The first-order valence-corrected chi connectivity index (χ1v) is 8.43. The van der Waals surface area contributed by atoms with Gasteiger partial charge in [-0.1, -0.05) is 26.7 Å². The summed E-state index contributed by atoms with van der Waals surface area (Å²) in [5.41, 5.74) is 7.12. The lowest BCUT2D eigenvalue weighted by Crippen LogP contribution is -2.44. The quantitative estimate of drug-likeness (QED) is 0.760. The summed E-state index contributed by atoms with van der Waals surface area (Å²) in [6.45, 7) is 4.30. The Labute approximate surface area is 150 Å². The lowest BCUT2D eigenvalue weighted by Gasteiger charge is -2.31. The maximum absolute atomic E-state index is 12.4. The summed E-state index contributed by atoms with van der Waals surface area (Å²) in [6.07, 6.45) is 4.41. The standard InChI is InChI=1S/C18H27N3O2.ClH/c1-12(2)17(22)20-15-9-7-13(8-10-15)18(23)21-16-6-4-3-5-14(16)11-19;/h7-10,12,14,16H,3-6,11,19H2,1-2H3,(H,20,22)(H,21,23);1H. The van der Waals surface area contributed by atoms with E-state index in [0.29, 0.717) is 23.7 Å². The van der Waals surface area contributed by atoms with Gasteiger partial charge in [0.1, 0.15) is 0 Å². The lowest BCUT2D eigenvalue weighted by atomic mass is 9.84. The van der Waals surface area contributed by atoms with E-state index in [1.807, 2.05) is 13.8 Å². The van der Waals surface area contributed by atoms with Crippen LogP contribution in [0, 0.1) is 11.8 Å². The molecule has 5 nitrogen and oxygen atoms in total. The molecule has 24 heavy (non-hydrogen) atoms. The predicted octanol–water partition coefficient (Wildman–Crippen LogP) is 2.95. The van der Waals surface area contributed by atoms with E-state index in [-0.39, 0.29) is 36.2 Å². The van der Waals surface area contributed by atoms with E-state index in [1.54, 1.807) is 24.3 Å². The van der Waals surface area contributed by atoms with Crippen molar-refractivity contribution in [2.75, 3.05) is 11.9 Å². The molecule has 2 rings (SSSR count). The molecular formula is C18H28ClN3O2. The molecule has 0 aromatic heterocycles. The van der Waals surface area contributed by atoms with Gasteiger partial charge in [0.25, 0.3) is 5.91 Å². The third-order valence-corrected chi connectivity index (χ3v) is 4.47. The number of hydrogen-bond donors (Lipinski definition) is 3. The first kappa shape index (κ1) is 20.5. The number of hydrogen-bond acceptors (Lipinski definition) is 3. The van der Waals surface area contributed by atoms with Crippen molar-refractivity contribution in [3.8, 4) is 0 Å². The summed E-state index contributed by atoms with van der Waals surface area (Å²) in [5.74, 6) is 0.196. The fourth-order valence-electron chi connectivity index (χ4n) is 2.92.